The Morgan fingerprint density at radius 2 is 2.00 bits per heavy atom. The van der Waals surface area contributed by atoms with Crippen LogP contribution in [0.1, 0.15) is 5.56 Å². The maximum atomic E-state index is 13.6. The monoisotopic (exact) mass is 214 g/mol. The highest BCUT2D eigenvalue weighted by atomic mass is 19.1. The minimum atomic E-state index is -0.246. The number of rotatable bonds is 3. The van der Waals surface area contributed by atoms with Crippen molar-refractivity contribution in [1.82, 2.24) is 9.97 Å². The fourth-order valence-corrected chi connectivity index (χ4v) is 1.46. The molecule has 0 amide bonds. The molecule has 0 radical (unpaired) electrons. The second kappa shape index (κ2) is 4.66. The first kappa shape index (κ1) is 10.5. The van der Waals surface area contributed by atoms with Gasteiger partial charge in [-0.2, -0.15) is 0 Å². The van der Waals surface area contributed by atoms with E-state index in [1.54, 1.807) is 30.6 Å². The summed E-state index contributed by atoms with van der Waals surface area (Å²) in [6, 6.07) is 6.74. The molecular weight excluding hydrogens is 203 g/mol. The van der Waals surface area contributed by atoms with E-state index < -0.39 is 0 Å². The highest BCUT2D eigenvalue weighted by molar-refractivity contribution is 5.55. The Bertz CT molecular complexity index is 495. The molecule has 0 bridgehead atoms. The van der Waals surface area contributed by atoms with Gasteiger partial charge in [-0.3, -0.25) is 0 Å². The maximum Gasteiger partial charge on any atom is 0.159 e. The smallest absolute Gasteiger partial charge is 0.159 e. The van der Waals surface area contributed by atoms with Crippen LogP contribution in [-0.4, -0.2) is 9.97 Å². The fourth-order valence-electron chi connectivity index (χ4n) is 1.46. The van der Waals surface area contributed by atoms with E-state index in [1.165, 1.54) is 6.07 Å². The summed E-state index contributed by atoms with van der Waals surface area (Å²) in [6.45, 7) is 3.59. The van der Waals surface area contributed by atoms with Crippen LogP contribution in [0, 0.1) is 5.82 Å². The Labute approximate surface area is 93.5 Å². The molecule has 0 N–H and O–H groups in total. The first-order valence-electron chi connectivity index (χ1n) is 4.98. The topological polar surface area (TPSA) is 25.8 Å². The molecular formula is C13H11FN2. The van der Waals surface area contributed by atoms with E-state index in [0.717, 1.165) is 0 Å². The molecule has 0 saturated heterocycles. The Hall–Kier alpha value is -2.03. The van der Waals surface area contributed by atoms with E-state index in [1.807, 2.05) is 6.07 Å². The normalized spacial score (nSPS) is 10.1. The van der Waals surface area contributed by atoms with Gasteiger partial charge in [-0.1, -0.05) is 18.2 Å². The first-order chi connectivity index (χ1) is 7.81. The molecule has 1 aromatic carbocycles. The van der Waals surface area contributed by atoms with Crippen LogP contribution in [0.4, 0.5) is 4.39 Å². The lowest BCUT2D eigenvalue weighted by molar-refractivity contribution is 0.615. The molecule has 0 saturated carbocycles. The van der Waals surface area contributed by atoms with Gasteiger partial charge in [-0.15, -0.1) is 6.58 Å². The summed E-state index contributed by atoms with van der Waals surface area (Å²) < 4.78 is 13.6. The van der Waals surface area contributed by atoms with Gasteiger partial charge in [0.2, 0.25) is 0 Å². The third kappa shape index (κ3) is 2.14. The molecule has 2 nitrogen and oxygen atoms in total. The molecule has 0 aliphatic carbocycles. The molecule has 0 atom stereocenters. The lowest BCUT2D eigenvalue weighted by Gasteiger charge is -2.03. The van der Waals surface area contributed by atoms with Crippen LogP contribution >= 0.6 is 0 Å². The predicted molar refractivity (Wildman–Crippen MR) is 61.3 cm³/mol. The van der Waals surface area contributed by atoms with Gasteiger partial charge in [-0.25, -0.2) is 14.4 Å². The third-order valence-electron chi connectivity index (χ3n) is 2.24. The van der Waals surface area contributed by atoms with Crippen LogP contribution in [-0.2, 0) is 6.42 Å². The van der Waals surface area contributed by atoms with Gasteiger partial charge in [0.15, 0.2) is 5.82 Å². The third-order valence-corrected chi connectivity index (χ3v) is 2.24. The summed E-state index contributed by atoms with van der Waals surface area (Å²) in [5.74, 6) is 0.288. The van der Waals surface area contributed by atoms with E-state index in [0.29, 0.717) is 23.4 Å². The van der Waals surface area contributed by atoms with Crippen molar-refractivity contribution < 1.29 is 4.39 Å². The van der Waals surface area contributed by atoms with Gasteiger partial charge in [0.1, 0.15) is 5.82 Å². The molecule has 3 heteroatoms. The number of hydrogen-bond acceptors (Lipinski definition) is 2. The molecule has 0 spiro atoms. The van der Waals surface area contributed by atoms with Gasteiger partial charge in [-0.05, 0) is 24.1 Å². The molecule has 0 unspecified atom stereocenters. The largest absolute Gasteiger partial charge is 0.237 e. The van der Waals surface area contributed by atoms with Crippen LogP contribution in [0.25, 0.3) is 11.4 Å². The van der Waals surface area contributed by atoms with Crippen LogP contribution < -0.4 is 0 Å². The lowest BCUT2D eigenvalue weighted by Crippen LogP contribution is -1.92. The molecule has 2 rings (SSSR count). The number of benzene rings is 1. The second-order valence-electron chi connectivity index (χ2n) is 3.37. The maximum absolute atomic E-state index is 13.6. The van der Waals surface area contributed by atoms with Crippen molar-refractivity contribution in [3.63, 3.8) is 0 Å². The highest BCUT2D eigenvalue weighted by Gasteiger charge is 2.05. The molecule has 80 valence electrons. The summed E-state index contributed by atoms with van der Waals surface area (Å²) in [6.07, 6.45) is 5.48. The summed E-state index contributed by atoms with van der Waals surface area (Å²) >= 11 is 0. The molecule has 1 heterocycles. The Balaban J connectivity index is 2.38. The molecule has 16 heavy (non-hydrogen) atoms. The van der Waals surface area contributed by atoms with E-state index in [-0.39, 0.29) is 5.82 Å². The van der Waals surface area contributed by atoms with Gasteiger partial charge in [0.05, 0.1) is 0 Å². The summed E-state index contributed by atoms with van der Waals surface area (Å²) in [5.41, 5.74) is 1.32. The molecule has 0 fully saturated rings. The zero-order chi connectivity index (χ0) is 11.4. The van der Waals surface area contributed by atoms with Crippen LogP contribution in [0.3, 0.4) is 0 Å². The van der Waals surface area contributed by atoms with Crippen molar-refractivity contribution in [3.8, 4) is 11.4 Å². The molecule has 0 aliphatic heterocycles. The SMILES string of the molecule is C=CCc1ccc(-c2ncccn2)cc1F. The summed E-state index contributed by atoms with van der Waals surface area (Å²) in [5, 5.41) is 0. The predicted octanol–water partition coefficient (Wildman–Crippen LogP) is 3.01. The minimum absolute atomic E-state index is 0.246. The zero-order valence-electron chi connectivity index (χ0n) is 8.73. The number of allylic oxidation sites excluding steroid dienone is 1. The van der Waals surface area contributed by atoms with Gasteiger partial charge >= 0.3 is 0 Å². The zero-order valence-corrected chi connectivity index (χ0v) is 8.73. The Morgan fingerprint density at radius 3 is 2.62 bits per heavy atom. The number of halogens is 1. The van der Waals surface area contributed by atoms with Crippen molar-refractivity contribution in [3.05, 3.63) is 60.7 Å². The molecule has 0 aliphatic rings. The van der Waals surface area contributed by atoms with Crippen LogP contribution in [0.15, 0.2) is 49.3 Å². The Morgan fingerprint density at radius 1 is 1.25 bits per heavy atom. The number of aromatic nitrogens is 2. The van der Waals surface area contributed by atoms with Gasteiger partial charge < -0.3 is 0 Å². The van der Waals surface area contributed by atoms with E-state index in [4.69, 9.17) is 0 Å². The van der Waals surface area contributed by atoms with Gasteiger partial charge in [0.25, 0.3) is 0 Å². The number of hydrogen-bond donors (Lipinski definition) is 0. The van der Waals surface area contributed by atoms with Crippen molar-refractivity contribution in [2.45, 2.75) is 6.42 Å². The average Bonchev–Trinajstić information content (AvgIpc) is 2.33. The van der Waals surface area contributed by atoms with Crippen molar-refractivity contribution in [2.24, 2.45) is 0 Å². The lowest BCUT2D eigenvalue weighted by atomic mass is 10.1. The van der Waals surface area contributed by atoms with Crippen molar-refractivity contribution >= 4 is 0 Å². The van der Waals surface area contributed by atoms with Crippen LogP contribution in [0.5, 0.6) is 0 Å². The molecule has 1 aromatic heterocycles. The molecule has 2 aromatic rings. The minimum Gasteiger partial charge on any atom is -0.237 e. The summed E-state index contributed by atoms with van der Waals surface area (Å²) in [7, 11) is 0. The van der Waals surface area contributed by atoms with E-state index in [9.17, 15) is 4.39 Å². The standard InChI is InChI=1S/C13H11FN2/c1-2-4-10-5-6-11(9-12(10)14)13-15-7-3-8-16-13/h2-3,5-9H,1,4H2. The van der Waals surface area contributed by atoms with E-state index in [2.05, 4.69) is 16.5 Å². The van der Waals surface area contributed by atoms with Crippen molar-refractivity contribution in [1.29, 1.82) is 0 Å². The fraction of sp³-hybridized carbons (Fsp3) is 0.0769. The second-order valence-corrected chi connectivity index (χ2v) is 3.37. The highest BCUT2D eigenvalue weighted by Crippen LogP contribution is 2.18. The van der Waals surface area contributed by atoms with Gasteiger partial charge in [0, 0.05) is 18.0 Å². The quantitative estimate of drug-likeness (QED) is 0.734. The number of nitrogens with zero attached hydrogens (tertiary/aromatic N) is 2. The average molecular weight is 214 g/mol. The summed E-state index contributed by atoms with van der Waals surface area (Å²) in [4.78, 5) is 8.14. The first-order valence-corrected chi connectivity index (χ1v) is 4.98. The van der Waals surface area contributed by atoms with Crippen LogP contribution in [0.2, 0.25) is 0 Å². The van der Waals surface area contributed by atoms with Crippen molar-refractivity contribution in [2.75, 3.05) is 0 Å². The van der Waals surface area contributed by atoms with E-state index >= 15 is 0 Å². The Kier molecular flexibility index (Phi) is 3.05.